The maximum atomic E-state index is 10.2. The molecule has 1 heterocycles. The number of hydrogen-bond donors (Lipinski definition) is 0. The molecule has 0 N–H and O–H groups in total. The molecule has 8 heavy (non-hydrogen) atoms. The van der Waals surface area contributed by atoms with Gasteiger partial charge in [-0.25, -0.2) is 0 Å². The Bertz CT molecular complexity index is 147. The Morgan fingerprint density at radius 1 is 2.00 bits per heavy atom. The van der Waals surface area contributed by atoms with E-state index in [9.17, 15) is 4.79 Å². The summed E-state index contributed by atoms with van der Waals surface area (Å²) >= 11 is 0. The highest BCUT2D eigenvalue weighted by Gasteiger charge is 2.23. The van der Waals surface area contributed by atoms with Crippen molar-refractivity contribution in [3.05, 3.63) is 6.61 Å². The standard InChI is InChI=1S/C5H4NO2/c6-2-4-1-5(7)8-3-4/h3-4H,1H2. The first-order valence-corrected chi connectivity index (χ1v) is 2.25. The highest BCUT2D eigenvalue weighted by Crippen LogP contribution is 2.15. The molecule has 0 aromatic heterocycles. The van der Waals surface area contributed by atoms with E-state index in [-0.39, 0.29) is 18.3 Å². The molecular weight excluding hydrogens is 106 g/mol. The van der Waals surface area contributed by atoms with Gasteiger partial charge >= 0.3 is 5.97 Å². The zero-order chi connectivity index (χ0) is 5.98. The van der Waals surface area contributed by atoms with Crippen LogP contribution >= 0.6 is 0 Å². The summed E-state index contributed by atoms with van der Waals surface area (Å²) < 4.78 is 4.37. The number of ether oxygens (including phenoxy) is 1. The summed E-state index contributed by atoms with van der Waals surface area (Å²) in [4.78, 5) is 10.2. The predicted octanol–water partition coefficient (Wildman–Crippen LogP) is 0.235. The van der Waals surface area contributed by atoms with Crippen LogP contribution in [0.4, 0.5) is 0 Å². The van der Waals surface area contributed by atoms with Crippen molar-refractivity contribution in [2.45, 2.75) is 6.42 Å². The van der Waals surface area contributed by atoms with Gasteiger partial charge in [-0.2, -0.15) is 5.26 Å². The first kappa shape index (κ1) is 5.10. The molecule has 0 spiro atoms. The van der Waals surface area contributed by atoms with E-state index in [0.717, 1.165) is 0 Å². The molecule has 3 nitrogen and oxygen atoms in total. The van der Waals surface area contributed by atoms with Gasteiger partial charge in [-0.3, -0.25) is 4.79 Å². The lowest BCUT2D eigenvalue weighted by Gasteiger charge is -1.83. The lowest BCUT2D eigenvalue weighted by atomic mass is 10.1. The molecule has 1 aliphatic heterocycles. The second kappa shape index (κ2) is 1.83. The van der Waals surface area contributed by atoms with Crippen molar-refractivity contribution in [1.29, 1.82) is 5.26 Å². The van der Waals surface area contributed by atoms with Gasteiger partial charge in [0.1, 0.15) is 0 Å². The first-order valence-electron chi connectivity index (χ1n) is 2.25. The minimum atomic E-state index is -0.317. The highest BCUT2D eigenvalue weighted by molar-refractivity contribution is 5.73. The molecule has 0 saturated carbocycles. The summed E-state index contributed by atoms with van der Waals surface area (Å²) in [5.41, 5.74) is 0. The molecule has 0 aromatic carbocycles. The molecule has 0 aromatic rings. The van der Waals surface area contributed by atoms with Gasteiger partial charge in [-0.15, -0.1) is 0 Å². The van der Waals surface area contributed by atoms with Crippen molar-refractivity contribution in [3.8, 4) is 6.07 Å². The second-order valence-corrected chi connectivity index (χ2v) is 1.57. The Kier molecular flexibility index (Phi) is 1.17. The highest BCUT2D eigenvalue weighted by atomic mass is 16.5. The summed E-state index contributed by atoms with van der Waals surface area (Å²) in [5.74, 6) is -0.626. The molecule has 0 aliphatic carbocycles. The molecule has 1 atom stereocenters. The lowest BCUT2D eigenvalue weighted by Crippen LogP contribution is -1.90. The number of nitrogens with zero attached hydrogens (tertiary/aromatic N) is 1. The average molecular weight is 110 g/mol. The van der Waals surface area contributed by atoms with E-state index in [4.69, 9.17) is 5.26 Å². The van der Waals surface area contributed by atoms with Gasteiger partial charge < -0.3 is 4.74 Å². The SMILES string of the molecule is N#CC1[CH]OC(=O)C1. The number of carbonyl (C=O) groups is 1. The maximum absolute atomic E-state index is 10.2. The normalized spacial score (nSPS) is 26.9. The predicted molar refractivity (Wildman–Crippen MR) is 24.1 cm³/mol. The van der Waals surface area contributed by atoms with Crippen molar-refractivity contribution >= 4 is 5.97 Å². The monoisotopic (exact) mass is 110 g/mol. The molecule has 1 aliphatic rings. The molecule has 3 heteroatoms. The quantitative estimate of drug-likeness (QED) is 0.419. The van der Waals surface area contributed by atoms with Crippen molar-refractivity contribution in [2.75, 3.05) is 0 Å². The molecule has 0 bridgehead atoms. The molecule has 1 fully saturated rings. The van der Waals surface area contributed by atoms with E-state index in [0.29, 0.717) is 0 Å². The van der Waals surface area contributed by atoms with E-state index in [1.54, 1.807) is 0 Å². The Morgan fingerprint density at radius 3 is 3.00 bits per heavy atom. The summed E-state index contributed by atoms with van der Waals surface area (Å²) in [6, 6.07) is 1.89. The van der Waals surface area contributed by atoms with Crippen LogP contribution in [0.5, 0.6) is 0 Å². The fraction of sp³-hybridized carbons (Fsp3) is 0.400. The van der Waals surface area contributed by atoms with E-state index in [1.807, 2.05) is 6.07 Å². The third kappa shape index (κ3) is 0.784. The second-order valence-electron chi connectivity index (χ2n) is 1.57. The molecule has 1 radical (unpaired) electrons. The topological polar surface area (TPSA) is 50.1 Å². The summed E-state index contributed by atoms with van der Waals surface area (Å²) in [7, 11) is 0. The van der Waals surface area contributed by atoms with Gasteiger partial charge in [0.2, 0.25) is 0 Å². The minimum Gasteiger partial charge on any atom is -0.457 e. The Labute approximate surface area is 46.9 Å². The van der Waals surface area contributed by atoms with Crippen LogP contribution in [-0.4, -0.2) is 5.97 Å². The molecule has 1 rings (SSSR count). The number of nitriles is 1. The van der Waals surface area contributed by atoms with Crippen LogP contribution in [0.3, 0.4) is 0 Å². The zero-order valence-corrected chi connectivity index (χ0v) is 4.13. The van der Waals surface area contributed by atoms with E-state index in [1.165, 1.54) is 6.61 Å². The largest absolute Gasteiger partial charge is 0.457 e. The minimum absolute atomic E-state index is 0.219. The zero-order valence-electron chi connectivity index (χ0n) is 4.13. The van der Waals surface area contributed by atoms with Gasteiger partial charge in [0.25, 0.3) is 0 Å². The molecule has 1 saturated heterocycles. The molecule has 1 unspecified atom stereocenters. The fourth-order valence-electron chi connectivity index (χ4n) is 0.510. The Balaban J connectivity index is 2.47. The van der Waals surface area contributed by atoms with Crippen molar-refractivity contribution in [3.63, 3.8) is 0 Å². The molecule has 0 amide bonds. The van der Waals surface area contributed by atoms with Crippen molar-refractivity contribution in [1.82, 2.24) is 0 Å². The van der Waals surface area contributed by atoms with E-state index in [2.05, 4.69) is 4.74 Å². The summed E-state index contributed by atoms with van der Waals surface area (Å²) in [5, 5.41) is 8.17. The van der Waals surface area contributed by atoms with Crippen LogP contribution in [0.15, 0.2) is 0 Å². The molecular formula is C5H4NO2. The van der Waals surface area contributed by atoms with Crippen LogP contribution in [0, 0.1) is 23.9 Å². The molecule has 41 valence electrons. The van der Waals surface area contributed by atoms with Gasteiger partial charge in [-0.05, 0) is 0 Å². The third-order valence-corrected chi connectivity index (χ3v) is 0.916. The van der Waals surface area contributed by atoms with Crippen LogP contribution in [0.2, 0.25) is 0 Å². The maximum Gasteiger partial charge on any atom is 0.307 e. The number of esters is 1. The first-order chi connectivity index (χ1) is 3.83. The Hall–Kier alpha value is -1.04. The Morgan fingerprint density at radius 2 is 2.75 bits per heavy atom. The van der Waals surface area contributed by atoms with E-state index < -0.39 is 0 Å². The van der Waals surface area contributed by atoms with Crippen molar-refractivity contribution in [2.24, 2.45) is 5.92 Å². The van der Waals surface area contributed by atoms with Gasteiger partial charge in [0, 0.05) is 0 Å². The number of carbonyl (C=O) groups excluding carboxylic acids is 1. The van der Waals surface area contributed by atoms with E-state index >= 15 is 0 Å². The van der Waals surface area contributed by atoms with Crippen LogP contribution in [0.25, 0.3) is 0 Å². The average Bonchev–Trinajstić information content (AvgIpc) is 2.14. The van der Waals surface area contributed by atoms with Gasteiger partial charge in [-0.1, -0.05) is 0 Å². The fourth-order valence-corrected chi connectivity index (χ4v) is 0.510. The number of hydrogen-bond acceptors (Lipinski definition) is 3. The van der Waals surface area contributed by atoms with Gasteiger partial charge in [0.15, 0.2) is 6.61 Å². The summed E-state index contributed by atoms with van der Waals surface area (Å²) in [6.07, 6.45) is 0.219. The smallest absolute Gasteiger partial charge is 0.307 e. The third-order valence-electron chi connectivity index (χ3n) is 0.916. The van der Waals surface area contributed by atoms with Crippen LogP contribution in [0.1, 0.15) is 6.42 Å². The number of cyclic esters (lactones) is 1. The van der Waals surface area contributed by atoms with Crippen molar-refractivity contribution < 1.29 is 9.53 Å². The number of rotatable bonds is 0. The van der Waals surface area contributed by atoms with Crippen LogP contribution in [-0.2, 0) is 9.53 Å². The van der Waals surface area contributed by atoms with Gasteiger partial charge in [0.05, 0.1) is 18.4 Å². The van der Waals surface area contributed by atoms with Crippen LogP contribution < -0.4 is 0 Å². The summed E-state index contributed by atoms with van der Waals surface area (Å²) in [6.45, 7) is 1.27. The lowest BCUT2D eigenvalue weighted by molar-refractivity contribution is -0.135.